The van der Waals surface area contributed by atoms with Gasteiger partial charge in [0.1, 0.15) is 12.4 Å². The van der Waals surface area contributed by atoms with Gasteiger partial charge in [0.2, 0.25) is 0 Å². The fourth-order valence-electron chi connectivity index (χ4n) is 3.35. The highest BCUT2D eigenvalue weighted by Crippen LogP contribution is 2.41. The van der Waals surface area contributed by atoms with Crippen molar-refractivity contribution < 1.29 is 19.1 Å². The molecule has 1 aliphatic carbocycles. The molecule has 1 saturated carbocycles. The normalized spacial score (nSPS) is 21.8. The minimum Gasteiger partial charge on any atom is -0.391 e. The molecule has 28 heavy (non-hydrogen) atoms. The van der Waals surface area contributed by atoms with Gasteiger partial charge in [-0.05, 0) is 43.4 Å². The Bertz CT molecular complexity index is 891. The number of halogens is 1. The number of benzene rings is 1. The van der Waals surface area contributed by atoms with Crippen LogP contribution in [0, 0.1) is 11.7 Å². The fraction of sp³-hybridized carbons (Fsp3) is 0.400. The molecule has 1 aliphatic heterocycles. The lowest BCUT2D eigenvalue weighted by molar-refractivity contribution is -0.138. The maximum atomic E-state index is 14.7. The number of aromatic nitrogens is 2. The van der Waals surface area contributed by atoms with Crippen molar-refractivity contribution in [1.29, 1.82) is 0 Å². The minimum absolute atomic E-state index is 0.0184. The van der Waals surface area contributed by atoms with Crippen molar-refractivity contribution in [3.8, 4) is 0 Å². The molecule has 0 bridgehead atoms. The summed E-state index contributed by atoms with van der Waals surface area (Å²) in [6.07, 6.45) is 8.24. The summed E-state index contributed by atoms with van der Waals surface area (Å²) in [5.41, 5.74) is 4.44. The third-order valence-electron chi connectivity index (χ3n) is 4.98. The predicted octanol–water partition coefficient (Wildman–Crippen LogP) is 2.58. The van der Waals surface area contributed by atoms with Crippen molar-refractivity contribution in [2.45, 2.75) is 37.8 Å². The molecule has 2 unspecified atom stereocenters. The first-order valence-electron chi connectivity index (χ1n) is 9.38. The number of amides is 1. The highest BCUT2D eigenvalue weighted by molar-refractivity contribution is 5.82. The standard InChI is InChI=1S/C20H23FN4O3/c1-12(26)10-28-24-20(27)15-6-7-25-11-22-9-18(25)19(15)23-17-5-4-14(8-16(17)21)13-2-3-13/h4-9,11-13,15,19,23,26H,2-3,10H2,1H3,(H,24,27)/t12-,15?,19?/m0/s1. The number of nitrogens with zero attached hydrogens (tertiary/aromatic N) is 2. The van der Waals surface area contributed by atoms with Gasteiger partial charge in [-0.15, -0.1) is 0 Å². The van der Waals surface area contributed by atoms with Crippen LogP contribution in [0.3, 0.4) is 0 Å². The number of hydrogen-bond acceptors (Lipinski definition) is 5. The Labute approximate surface area is 162 Å². The van der Waals surface area contributed by atoms with Crippen LogP contribution in [-0.2, 0) is 9.63 Å². The van der Waals surface area contributed by atoms with E-state index in [2.05, 4.69) is 15.8 Å². The average Bonchev–Trinajstić information content (AvgIpc) is 3.40. The van der Waals surface area contributed by atoms with Crippen LogP contribution in [0.25, 0.3) is 6.20 Å². The summed E-state index contributed by atoms with van der Waals surface area (Å²) in [7, 11) is 0. The molecule has 0 spiro atoms. The van der Waals surface area contributed by atoms with Crippen LogP contribution in [0.4, 0.5) is 10.1 Å². The zero-order valence-corrected chi connectivity index (χ0v) is 15.5. The second-order valence-electron chi connectivity index (χ2n) is 7.35. The first kappa shape index (κ1) is 18.6. The van der Waals surface area contributed by atoms with Crippen LogP contribution in [0.1, 0.15) is 43.0 Å². The summed E-state index contributed by atoms with van der Waals surface area (Å²) < 4.78 is 16.4. The molecule has 1 fully saturated rings. The molecule has 2 aromatic rings. The van der Waals surface area contributed by atoms with Gasteiger partial charge in [-0.3, -0.25) is 9.63 Å². The second kappa shape index (κ2) is 7.73. The van der Waals surface area contributed by atoms with E-state index in [9.17, 15) is 14.3 Å². The molecule has 1 aromatic carbocycles. The Morgan fingerprint density at radius 2 is 2.29 bits per heavy atom. The van der Waals surface area contributed by atoms with Crippen molar-refractivity contribution in [3.63, 3.8) is 0 Å². The van der Waals surface area contributed by atoms with E-state index < -0.39 is 24.0 Å². The highest BCUT2D eigenvalue weighted by atomic mass is 19.1. The first-order valence-corrected chi connectivity index (χ1v) is 9.38. The summed E-state index contributed by atoms with van der Waals surface area (Å²) in [5.74, 6) is -0.903. The zero-order valence-electron chi connectivity index (χ0n) is 15.5. The number of nitrogens with one attached hydrogen (secondary N) is 2. The third kappa shape index (κ3) is 3.93. The lowest BCUT2D eigenvalue weighted by Gasteiger charge is -2.29. The van der Waals surface area contributed by atoms with Crippen molar-refractivity contribution in [2.75, 3.05) is 11.9 Å². The van der Waals surface area contributed by atoms with E-state index in [1.807, 2.05) is 6.07 Å². The summed E-state index contributed by atoms with van der Waals surface area (Å²) in [4.78, 5) is 21.8. The first-order chi connectivity index (χ1) is 13.5. The van der Waals surface area contributed by atoms with Crippen LogP contribution in [0.2, 0.25) is 0 Å². The molecule has 0 saturated heterocycles. The third-order valence-corrected chi connectivity index (χ3v) is 4.98. The monoisotopic (exact) mass is 386 g/mol. The Morgan fingerprint density at radius 1 is 1.46 bits per heavy atom. The largest absolute Gasteiger partial charge is 0.391 e. The van der Waals surface area contributed by atoms with E-state index in [4.69, 9.17) is 4.84 Å². The topological polar surface area (TPSA) is 88.4 Å². The van der Waals surface area contributed by atoms with E-state index in [1.165, 1.54) is 0 Å². The van der Waals surface area contributed by atoms with E-state index in [0.717, 1.165) is 24.1 Å². The fourth-order valence-corrected chi connectivity index (χ4v) is 3.35. The Hall–Kier alpha value is -2.71. The van der Waals surface area contributed by atoms with Gasteiger partial charge in [0.15, 0.2) is 0 Å². The summed E-state index contributed by atoms with van der Waals surface area (Å²) >= 11 is 0. The predicted molar refractivity (Wildman–Crippen MR) is 102 cm³/mol. The van der Waals surface area contributed by atoms with Crippen LogP contribution in [0.15, 0.2) is 36.8 Å². The molecule has 8 heteroatoms. The van der Waals surface area contributed by atoms with Gasteiger partial charge in [0, 0.05) is 6.20 Å². The van der Waals surface area contributed by atoms with Crippen LogP contribution >= 0.6 is 0 Å². The number of anilines is 1. The van der Waals surface area contributed by atoms with Gasteiger partial charge < -0.3 is 15.0 Å². The number of fused-ring (bicyclic) bond motifs is 1. The van der Waals surface area contributed by atoms with Crippen LogP contribution in [0.5, 0.6) is 0 Å². The quantitative estimate of drug-likeness (QED) is 0.637. The smallest absolute Gasteiger partial charge is 0.253 e. The van der Waals surface area contributed by atoms with Crippen LogP contribution in [-0.4, -0.2) is 33.3 Å². The lowest BCUT2D eigenvalue weighted by atomic mass is 9.93. The van der Waals surface area contributed by atoms with E-state index in [-0.39, 0.29) is 12.4 Å². The van der Waals surface area contributed by atoms with E-state index in [1.54, 1.807) is 48.4 Å². The van der Waals surface area contributed by atoms with Gasteiger partial charge >= 0.3 is 0 Å². The maximum Gasteiger partial charge on any atom is 0.253 e. The summed E-state index contributed by atoms with van der Waals surface area (Å²) in [6, 6.07) is 4.70. The molecule has 2 heterocycles. The number of imidazole rings is 1. The Balaban J connectivity index is 1.54. The molecule has 4 rings (SSSR count). The molecule has 3 N–H and O–H groups in total. The molecule has 1 aromatic heterocycles. The highest BCUT2D eigenvalue weighted by Gasteiger charge is 2.33. The Morgan fingerprint density at radius 3 is 3.00 bits per heavy atom. The van der Waals surface area contributed by atoms with E-state index >= 15 is 0 Å². The number of rotatable bonds is 7. The van der Waals surface area contributed by atoms with Gasteiger partial charge in [-0.25, -0.2) is 14.9 Å². The summed E-state index contributed by atoms with van der Waals surface area (Å²) in [6.45, 7) is 1.54. The molecule has 148 valence electrons. The second-order valence-corrected chi connectivity index (χ2v) is 7.35. The number of aliphatic hydroxyl groups excluding tert-OH is 1. The van der Waals surface area contributed by atoms with Gasteiger partial charge in [0.25, 0.3) is 5.91 Å². The Kier molecular flexibility index (Phi) is 5.15. The molecule has 1 amide bonds. The summed E-state index contributed by atoms with van der Waals surface area (Å²) in [5, 5.41) is 12.4. The van der Waals surface area contributed by atoms with E-state index in [0.29, 0.717) is 11.6 Å². The van der Waals surface area contributed by atoms with Gasteiger partial charge in [-0.1, -0.05) is 12.1 Å². The molecule has 0 radical (unpaired) electrons. The van der Waals surface area contributed by atoms with Crippen molar-refractivity contribution in [3.05, 3.63) is 53.9 Å². The zero-order chi connectivity index (χ0) is 19.7. The van der Waals surface area contributed by atoms with Crippen molar-refractivity contribution >= 4 is 17.8 Å². The van der Waals surface area contributed by atoms with Crippen LogP contribution < -0.4 is 10.8 Å². The maximum absolute atomic E-state index is 14.7. The molecule has 7 nitrogen and oxygen atoms in total. The molecule has 3 atom stereocenters. The number of hydroxylamine groups is 1. The van der Waals surface area contributed by atoms with Crippen molar-refractivity contribution in [2.24, 2.45) is 5.92 Å². The molecular formula is C20H23FN4O3. The number of aliphatic hydroxyl groups is 1. The lowest BCUT2D eigenvalue weighted by Crippen LogP contribution is -2.38. The van der Waals surface area contributed by atoms with Gasteiger partial charge in [0.05, 0.1) is 42.0 Å². The molecular weight excluding hydrogens is 363 g/mol. The SMILES string of the molecule is C[C@H](O)CONC(=O)C1C=Cn2cncc2C1Nc1ccc(C2CC2)cc1F. The number of hydrogen-bond donors (Lipinski definition) is 3. The minimum atomic E-state index is -0.698. The average molecular weight is 386 g/mol. The number of carbonyl (C=O) groups excluding carboxylic acids is 1. The van der Waals surface area contributed by atoms with Gasteiger partial charge in [-0.2, -0.15) is 0 Å². The number of carbonyl (C=O) groups is 1. The van der Waals surface area contributed by atoms with Crippen molar-refractivity contribution in [1.82, 2.24) is 15.0 Å². The molecule has 2 aliphatic rings.